The van der Waals surface area contributed by atoms with Gasteiger partial charge in [0.2, 0.25) is 0 Å². The van der Waals surface area contributed by atoms with Crippen molar-refractivity contribution in [3.05, 3.63) is 54.6 Å². The zero-order valence-electron chi connectivity index (χ0n) is 9.07. The lowest BCUT2D eigenvalue weighted by Gasteiger charge is -2.12. The fraction of sp³-hybridized carbons (Fsp3) is 0.143. The zero-order valence-corrected chi connectivity index (χ0v) is 9.07. The van der Waals surface area contributed by atoms with Crippen molar-refractivity contribution in [2.24, 2.45) is 0 Å². The van der Waals surface area contributed by atoms with Gasteiger partial charge in [-0.1, -0.05) is 36.4 Å². The van der Waals surface area contributed by atoms with Crippen molar-refractivity contribution in [3.63, 3.8) is 0 Å². The van der Waals surface area contributed by atoms with Crippen molar-refractivity contribution in [1.29, 1.82) is 0 Å². The molecule has 15 heavy (non-hydrogen) atoms. The lowest BCUT2D eigenvalue weighted by molar-refractivity contribution is 1.13. The molecule has 0 aromatic heterocycles. The first kappa shape index (κ1) is 9.78. The molecule has 0 spiro atoms. The molecule has 75 valence electrons. The highest BCUT2D eigenvalue weighted by Crippen LogP contribution is 2.21. The van der Waals surface area contributed by atoms with Gasteiger partial charge in [0.05, 0.1) is 0 Å². The van der Waals surface area contributed by atoms with Crippen LogP contribution in [0.25, 0.3) is 11.1 Å². The smallest absolute Gasteiger partial charge is 0.0361 e. The molecule has 0 unspecified atom stereocenters. The largest absolute Gasteiger partial charge is 0.378 e. The summed E-state index contributed by atoms with van der Waals surface area (Å²) in [7, 11) is 4.10. The van der Waals surface area contributed by atoms with E-state index in [0.717, 1.165) is 0 Å². The molecule has 1 heteroatoms. The van der Waals surface area contributed by atoms with Crippen molar-refractivity contribution in [2.45, 2.75) is 0 Å². The molecule has 0 saturated heterocycles. The third-order valence-electron chi connectivity index (χ3n) is 2.44. The van der Waals surface area contributed by atoms with E-state index in [4.69, 9.17) is 0 Å². The molecule has 0 saturated carbocycles. The predicted molar refractivity (Wildman–Crippen MR) is 65.0 cm³/mol. The summed E-state index contributed by atoms with van der Waals surface area (Å²) in [5, 5.41) is 0. The molecule has 0 aliphatic heterocycles. The van der Waals surface area contributed by atoms with E-state index in [1.54, 1.807) is 0 Å². The molecule has 2 rings (SSSR count). The van der Waals surface area contributed by atoms with Gasteiger partial charge in [0.15, 0.2) is 0 Å². The molecule has 0 fully saturated rings. The summed E-state index contributed by atoms with van der Waals surface area (Å²) in [5.74, 6) is 0. The minimum atomic E-state index is 1.22. The molecule has 0 aliphatic rings. The molecule has 0 N–H and O–H groups in total. The summed E-state index contributed by atoms with van der Waals surface area (Å²) < 4.78 is 0. The molecule has 1 radical (unpaired) electrons. The predicted octanol–water partition coefficient (Wildman–Crippen LogP) is 3.22. The van der Waals surface area contributed by atoms with E-state index < -0.39 is 0 Å². The minimum Gasteiger partial charge on any atom is -0.378 e. The summed E-state index contributed by atoms with van der Waals surface area (Å²) in [6.07, 6.45) is 0. The van der Waals surface area contributed by atoms with Crippen molar-refractivity contribution < 1.29 is 0 Å². The van der Waals surface area contributed by atoms with Gasteiger partial charge in [-0.15, -0.1) is 0 Å². The molecule has 0 heterocycles. The van der Waals surface area contributed by atoms with Crippen LogP contribution in [0.2, 0.25) is 0 Å². The van der Waals surface area contributed by atoms with Crippen LogP contribution in [0.5, 0.6) is 0 Å². The summed E-state index contributed by atoms with van der Waals surface area (Å²) in [6.45, 7) is 0. The van der Waals surface area contributed by atoms with Gasteiger partial charge in [0, 0.05) is 19.8 Å². The van der Waals surface area contributed by atoms with E-state index in [1.807, 2.05) is 26.2 Å². The molecule has 0 atom stereocenters. The van der Waals surface area contributed by atoms with Crippen molar-refractivity contribution in [3.8, 4) is 11.1 Å². The number of benzene rings is 2. The fourth-order valence-electron chi connectivity index (χ4n) is 1.53. The maximum Gasteiger partial charge on any atom is 0.0361 e. The third kappa shape index (κ3) is 2.18. The molecular formula is C14H14N. The van der Waals surface area contributed by atoms with Crippen molar-refractivity contribution in [2.75, 3.05) is 19.0 Å². The standard InChI is InChI=1S/C14H14N/c1-15(2)14-10-8-13(9-11-14)12-6-4-3-5-7-12/h4-11H,1-2H3. The molecule has 0 aliphatic carbocycles. The van der Waals surface area contributed by atoms with Crippen LogP contribution in [0.3, 0.4) is 0 Å². The second-order valence-corrected chi connectivity index (χ2v) is 3.73. The SMILES string of the molecule is CN(C)c1ccc(-c2cc[c]cc2)cc1. The molecule has 0 amide bonds. The van der Waals surface area contributed by atoms with E-state index in [2.05, 4.69) is 47.4 Å². The first-order valence-corrected chi connectivity index (χ1v) is 5.01. The Bertz CT molecular complexity index is 415. The Morgan fingerprint density at radius 2 is 1.33 bits per heavy atom. The highest BCUT2D eigenvalue weighted by atomic mass is 15.1. The van der Waals surface area contributed by atoms with Crippen LogP contribution in [0.15, 0.2) is 48.5 Å². The Morgan fingerprint density at radius 3 is 1.87 bits per heavy atom. The van der Waals surface area contributed by atoms with E-state index >= 15 is 0 Å². The molecular weight excluding hydrogens is 182 g/mol. The minimum absolute atomic E-state index is 1.22. The fourth-order valence-corrected chi connectivity index (χ4v) is 1.53. The molecule has 2 aromatic rings. The van der Waals surface area contributed by atoms with Crippen molar-refractivity contribution >= 4 is 5.69 Å². The van der Waals surface area contributed by atoms with E-state index in [0.29, 0.717) is 0 Å². The molecule has 2 aromatic carbocycles. The van der Waals surface area contributed by atoms with E-state index in [-0.39, 0.29) is 0 Å². The molecule has 1 nitrogen and oxygen atoms in total. The van der Waals surface area contributed by atoms with Gasteiger partial charge in [-0.3, -0.25) is 0 Å². The summed E-state index contributed by atoms with van der Waals surface area (Å²) >= 11 is 0. The Labute approximate surface area is 91.0 Å². The number of rotatable bonds is 2. The summed E-state index contributed by atoms with van der Waals surface area (Å²) in [4.78, 5) is 2.10. The van der Waals surface area contributed by atoms with E-state index in [9.17, 15) is 0 Å². The van der Waals surface area contributed by atoms with Gasteiger partial charge >= 0.3 is 0 Å². The maximum absolute atomic E-state index is 3.02. The Hall–Kier alpha value is -1.76. The topological polar surface area (TPSA) is 3.24 Å². The number of nitrogens with zero attached hydrogens (tertiary/aromatic N) is 1. The van der Waals surface area contributed by atoms with Gasteiger partial charge in [0.1, 0.15) is 0 Å². The van der Waals surface area contributed by atoms with Gasteiger partial charge < -0.3 is 4.90 Å². The second-order valence-electron chi connectivity index (χ2n) is 3.73. The third-order valence-corrected chi connectivity index (χ3v) is 2.44. The second kappa shape index (κ2) is 4.18. The van der Waals surface area contributed by atoms with Crippen LogP contribution in [0, 0.1) is 6.07 Å². The summed E-state index contributed by atoms with van der Waals surface area (Å²) in [6, 6.07) is 19.6. The lowest BCUT2D eigenvalue weighted by Crippen LogP contribution is -2.07. The number of hydrogen-bond donors (Lipinski definition) is 0. The monoisotopic (exact) mass is 196 g/mol. The van der Waals surface area contributed by atoms with Gasteiger partial charge in [-0.05, 0) is 29.3 Å². The lowest BCUT2D eigenvalue weighted by atomic mass is 10.1. The maximum atomic E-state index is 3.02. The Kier molecular flexibility index (Phi) is 2.72. The van der Waals surface area contributed by atoms with E-state index in [1.165, 1.54) is 16.8 Å². The Morgan fingerprint density at radius 1 is 0.800 bits per heavy atom. The van der Waals surface area contributed by atoms with Crippen molar-refractivity contribution in [1.82, 2.24) is 0 Å². The highest BCUT2D eigenvalue weighted by Gasteiger charge is 1.97. The van der Waals surface area contributed by atoms with Crippen LogP contribution >= 0.6 is 0 Å². The van der Waals surface area contributed by atoms with Crippen LogP contribution in [-0.4, -0.2) is 14.1 Å². The quantitative estimate of drug-likeness (QED) is 0.712. The summed E-state index contributed by atoms with van der Waals surface area (Å²) in [5.41, 5.74) is 3.70. The van der Waals surface area contributed by atoms with Gasteiger partial charge in [-0.25, -0.2) is 0 Å². The van der Waals surface area contributed by atoms with Gasteiger partial charge in [0.25, 0.3) is 0 Å². The number of hydrogen-bond acceptors (Lipinski definition) is 1. The number of anilines is 1. The highest BCUT2D eigenvalue weighted by molar-refractivity contribution is 5.65. The van der Waals surface area contributed by atoms with Crippen LogP contribution in [0.1, 0.15) is 0 Å². The Balaban J connectivity index is 2.32. The van der Waals surface area contributed by atoms with Crippen LogP contribution in [0.4, 0.5) is 5.69 Å². The average molecular weight is 196 g/mol. The van der Waals surface area contributed by atoms with Crippen LogP contribution < -0.4 is 4.90 Å². The first-order chi connectivity index (χ1) is 7.27. The zero-order chi connectivity index (χ0) is 10.7. The van der Waals surface area contributed by atoms with Gasteiger partial charge in [-0.2, -0.15) is 0 Å². The normalized spacial score (nSPS) is 10.0. The first-order valence-electron chi connectivity index (χ1n) is 5.01. The molecule has 0 bridgehead atoms. The average Bonchev–Trinajstić information content (AvgIpc) is 2.30. The van der Waals surface area contributed by atoms with Crippen LogP contribution in [-0.2, 0) is 0 Å².